The van der Waals surface area contributed by atoms with E-state index in [1.807, 2.05) is 0 Å². The first-order valence-corrected chi connectivity index (χ1v) is 7.04. The van der Waals surface area contributed by atoms with E-state index >= 15 is 0 Å². The summed E-state index contributed by atoms with van der Waals surface area (Å²) in [5, 5.41) is 0. The van der Waals surface area contributed by atoms with E-state index in [0.29, 0.717) is 0 Å². The van der Waals surface area contributed by atoms with Crippen LogP contribution in [0.1, 0.15) is 51.0 Å². The minimum atomic E-state index is 0.179. The topological polar surface area (TPSA) is 12.4 Å². The van der Waals surface area contributed by atoms with Gasteiger partial charge < -0.3 is 0 Å². The van der Waals surface area contributed by atoms with Gasteiger partial charge in [-0.15, -0.1) is 6.58 Å². The lowest BCUT2D eigenvalue weighted by Gasteiger charge is -2.31. The molecule has 1 aliphatic carbocycles. The molecule has 3 rings (SSSR count). The van der Waals surface area contributed by atoms with E-state index in [0.717, 1.165) is 6.42 Å². The van der Waals surface area contributed by atoms with Crippen LogP contribution in [0.2, 0.25) is 0 Å². The van der Waals surface area contributed by atoms with E-state index in [-0.39, 0.29) is 5.41 Å². The Bertz CT molecular complexity index is 512. The Labute approximate surface area is 110 Å². The van der Waals surface area contributed by atoms with Crippen LogP contribution >= 0.6 is 0 Å². The Morgan fingerprint density at radius 2 is 2.11 bits per heavy atom. The van der Waals surface area contributed by atoms with E-state index in [1.165, 1.54) is 54.6 Å². The highest BCUT2D eigenvalue weighted by atomic mass is 14.8. The van der Waals surface area contributed by atoms with Gasteiger partial charge in [0.15, 0.2) is 0 Å². The fourth-order valence-corrected chi connectivity index (χ4v) is 3.65. The van der Waals surface area contributed by atoms with Gasteiger partial charge in [-0.05, 0) is 44.2 Å². The lowest BCUT2D eigenvalue weighted by atomic mass is 9.70. The van der Waals surface area contributed by atoms with E-state index in [9.17, 15) is 0 Å². The van der Waals surface area contributed by atoms with Gasteiger partial charge in [-0.1, -0.05) is 36.6 Å². The van der Waals surface area contributed by atoms with Gasteiger partial charge in [0.05, 0.1) is 5.69 Å². The first-order chi connectivity index (χ1) is 8.72. The second kappa shape index (κ2) is 4.38. The predicted molar refractivity (Wildman–Crippen MR) is 77.7 cm³/mol. The molecule has 1 aromatic carbocycles. The summed E-state index contributed by atoms with van der Waals surface area (Å²) in [6.45, 7) is 6.30. The van der Waals surface area contributed by atoms with Crippen molar-refractivity contribution >= 4 is 11.4 Å². The summed E-state index contributed by atoms with van der Waals surface area (Å²) in [6, 6.07) is 8.70. The Morgan fingerprint density at radius 3 is 2.94 bits per heavy atom. The van der Waals surface area contributed by atoms with Gasteiger partial charge in [0.2, 0.25) is 0 Å². The van der Waals surface area contributed by atoms with E-state index in [1.54, 1.807) is 0 Å². The average molecular weight is 239 g/mol. The van der Waals surface area contributed by atoms with E-state index in [4.69, 9.17) is 4.99 Å². The molecule has 2 aliphatic rings. The Balaban J connectivity index is 2.12. The van der Waals surface area contributed by atoms with Crippen LogP contribution in [0.25, 0.3) is 0 Å². The van der Waals surface area contributed by atoms with Crippen molar-refractivity contribution in [3.63, 3.8) is 0 Å². The highest BCUT2D eigenvalue weighted by Crippen LogP contribution is 2.49. The maximum absolute atomic E-state index is 4.93. The molecule has 0 unspecified atom stereocenters. The molecule has 0 spiro atoms. The summed E-state index contributed by atoms with van der Waals surface area (Å²) in [5.74, 6) is 0. The SMILES string of the molecule is C=C(C)C[C@@]12CCCCCC1=Nc1ccccc12. The number of hydrogen-bond donors (Lipinski definition) is 0. The summed E-state index contributed by atoms with van der Waals surface area (Å²) < 4.78 is 0. The largest absolute Gasteiger partial charge is 0.257 e. The van der Waals surface area contributed by atoms with Crippen molar-refractivity contribution in [2.24, 2.45) is 4.99 Å². The van der Waals surface area contributed by atoms with Crippen molar-refractivity contribution in [2.75, 3.05) is 0 Å². The van der Waals surface area contributed by atoms with Crippen LogP contribution in [0, 0.1) is 0 Å². The molecule has 1 nitrogen and oxygen atoms in total. The molecule has 1 aromatic rings. The number of nitrogens with zero attached hydrogens (tertiary/aromatic N) is 1. The summed E-state index contributed by atoms with van der Waals surface area (Å²) >= 11 is 0. The fraction of sp³-hybridized carbons (Fsp3) is 0.471. The van der Waals surface area contributed by atoms with Crippen LogP contribution in [-0.2, 0) is 5.41 Å². The zero-order valence-corrected chi connectivity index (χ0v) is 11.2. The molecule has 1 heteroatoms. The van der Waals surface area contributed by atoms with Crippen LogP contribution in [0.5, 0.6) is 0 Å². The number of fused-ring (bicyclic) bond motifs is 3. The fourth-order valence-electron chi connectivity index (χ4n) is 3.65. The van der Waals surface area contributed by atoms with Crippen LogP contribution in [0.3, 0.4) is 0 Å². The van der Waals surface area contributed by atoms with Crippen LogP contribution in [-0.4, -0.2) is 5.71 Å². The van der Waals surface area contributed by atoms with Crippen LogP contribution in [0.4, 0.5) is 5.69 Å². The number of rotatable bonds is 2. The standard InChI is InChI=1S/C17H21N/c1-13(2)12-17-11-7-3-4-10-16(17)18-15-9-6-5-8-14(15)17/h5-6,8-9H,1,3-4,7,10-12H2,2H3/t17-/m1/s1. The van der Waals surface area contributed by atoms with Crippen molar-refractivity contribution in [3.8, 4) is 0 Å². The molecule has 1 saturated carbocycles. The van der Waals surface area contributed by atoms with Crippen LogP contribution in [0.15, 0.2) is 41.4 Å². The molecular formula is C17H21N. The molecule has 0 radical (unpaired) electrons. The third-order valence-corrected chi connectivity index (χ3v) is 4.35. The molecule has 1 heterocycles. The van der Waals surface area contributed by atoms with Gasteiger partial charge in [-0.3, -0.25) is 4.99 Å². The molecule has 1 atom stereocenters. The minimum absolute atomic E-state index is 0.179. The Kier molecular flexibility index (Phi) is 2.85. The molecular weight excluding hydrogens is 218 g/mol. The first-order valence-electron chi connectivity index (χ1n) is 7.04. The number of benzene rings is 1. The maximum Gasteiger partial charge on any atom is 0.0671 e. The average Bonchev–Trinajstić information content (AvgIpc) is 2.50. The highest BCUT2D eigenvalue weighted by Gasteiger charge is 2.42. The Hall–Kier alpha value is -1.37. The van der Waals surface area contributed by atoms with Crippen molar-refractivity contribution in [1.29, 1.82) is 0 Å². The van der Waals surface area contributed by atoms with Crippen molar-refractivity contribution in [1.82, 2.24) is 0 Å². The molecule has 1 fully saturated rings. The second-order valence-electron chi connectivity index (χ2n) is 5.85. The maximum atomic E-state index is 4.93. The number of allylic oxidation sites excluding steroid dienone is 1. The number of hydrogen-bond acceptors (Lipinski definition) is 1. The van der Waals surface area contributed by atoms with E-state index < -0.39 is 0 Å². The monoisotopic (exact) mass is 239 g/mol. The normalized spacial score (nSPS) is 25.9. The summed E-state index contributed by atoms with van der Waals surface area (Å²) in [5.41, 5.74) is 5.53. The molecule has 0 saturated heterocycles. The number of para-hydroxylation sites is 1. The lowest BCUT2D eigenvalue weighted by Crippen LogP contribution is -2.32. The molecule has 18 heavy (non-hydrogen) atoms. The quantitative estimate of drug-likeness (QED) is 0.648. The lowest BCUT2D eigenvalue weighted by molar-refractivity contribution is 0.511. The third kappa shape index (κ3) is 1.73. The van der Waals surface area contributed by atoms with Gasteiger partial charge in [-0.2, -0.15) is 0 Å². The molecule has 94 valence electrons. The number of aliphatic imine (C=N–C) groups is 1. The zero-order chi connectivity index (χ0) is 12.6. The molecule has 0 N–H and O–H groups in total. The molecule has 0 bridgehead atoms. The molecule has 0 aromatic heterocycles. The highest BCUT2D eigenvalue weighted by molar-refractivity contribution is 6.02. The van der Waals surface area contributed by atoms with Crippen LogP contribution < -0.4 is 0 Å². The minimum Gasteiger partial charge on any atom is -0.257 e. The van der Waals surface area contributed by atoms with Gasteiger partial charge >= 0.3 is 0 Å². The first kappa shape index (κ1) is 11.7. The summed E-state index contributed by atoms with van der Waals surface area (Å²) in [7, 11) is 0. The predicted octanol–water partition coefficient (Wildman–Crippen LogP) is 4.94. The summed E-state index contributed by atoms with van der Waals surface area (Å²) in [6.07, 6.45) is 7.45. The smallest absolute Gasteiger partial charge is 0.0671 e. The zero-order valence-electron chi connectivity index (χ0n) is 11.2. The van der Waals surface area contributed by atoms with Crippen molar-refractivity contribution in [2.45, 2.75) is 50.9 Å². The Morgan fingerprint density at radius 1 is 1.28 bits per heavy atom. The van der Waals surface area contributed by atoms with E-state index in [2.05, 4.69) is 37.8 Å². The molecule has 1 aliphatic heterocycles. The van der Waals surface area contributed by atoms with Gasteiger partial charge in [0.25, 0.3) is 0 Å². The van der Waals surface area contributed by atoms with Gasteiger partial charge in [-0.25, -0.2) is 0 Å². The van der Waals surface area contributed by atoms with Gasteiger partial charge in [0.1, 0.15) is 0 Å². The summed E-state index contributed by atoms with van der Waals surface area (Å²) in [4.78, 5) is 4.93. The second-order valence-corrected chi connectivity index (χ2v) is 5.85. The molecule has 0 amide bonds. The van der Waals surface area contributed by atoms with Gasteiger partial charge in [0, 0.05) is 11.1 Å². The van der Waals surface area contributed by atoms with Crippen molar-refractivity contribution in [3.05, 3.63) is 42.0 Å². The van der Waals surface area contributed by atoms with Crippen molar-refractivity contribution < 1.29 is 0 Å². The third-order valence-electron chi connectivity index (χ3n) is 4.35.